The van der Waals surface area contributed by atoms with E-state index in [1.165, 1.54) is 12.1 Å². The van der Waals surface area contributed by atoms with Crippen LogP contribution < -0.4 is 5.32 Å². The molecule has 2 saturated carbocycles. The van der Waals surface area contributed by atoms with Crippen molar-refractivity contribution in [2.45, 2.75) is 63.2 Å². The Bertz CT molecular complexity index is 499. The largest absolute Gasteiger partial charge is 0.416 e. The Labute approximate surface area is 117 Å². The second-order valence-corrected chi connectivity index (χ2v) is 6.16. The molecule has 0 atom stereocenters. The first-order valence-corrected chi connectivity index (χ1v) is 7.39. The third-order valence-corrected chi connectivity index (χ3v) is 4.69. The highest BCUT2D eigenvalue weighted by atomic mass is 19.4. The molecule has 0 amide bonds. The number of hydrogen-bond donors (Lipinski definition) is 1. The van der Waals surface area contributed by atoms with Crippen LogP contribution in [0, 0.1) is 0 Å². The van der Waals surface area contributed by atoms with Crippen molar-refractivity contribution in [1.82, 2.24) is 5.32 Å². The molecule has 0 aliphatic heterocycles. The van der Waals surface area contributed by atoms with Crippen LogP contribution in [0.3, 0.4) is 0 Å². The van der Waals surface area contributed by atoms with E-state index in [0.717, 1.165) is 43.2 Å². The number of alkyl halides is 3. The van der Waals surface area contributed by atoms with E-state index >= 15 is 0 Å². The minimum atomic E-state index is -4.25. The fourth-order valence-electron chi connectivity index (χ4n) is 2.94. The van der Waals surface area contributed by atoms with E-state index in [0.29, 0.717) is 12.6 Å². The van der Waals surface area contributed by atoms with Crippen LogP contribution in [-0.2, 0) is 18.1 Å². The average Bonchev–Trinajstić information content (AvgIpc) is 3.29. The second-order valence-electron chi connectivity index (χ2n) is 6.16. The Balaban J connectivity index is 1.91. The summed E-state index contributed by atoms with van der Waals surface area (Å²) < 4.78 is 38.7. The molecule has 0 saturated heterocycles. The standard InChI is InChI=1S/C16H20F3N/c1-2-15(7-8-15)14-6-3-12(16(17,18)19)9-11(14)10-20-13-4-5-13/h3,6,9,13,20H,2,4-5,7-8,10H2,1H3. The number of halogens is 3. The van der Waals surface area contributed by atoms with Gasteiger partial charge in [0.05, 0.1) is 5.56 Å². The smallest absolute Gasteiger partial charge is 0.310 e. The number of hydrogen-bond acceptors (Lipinski definition) is 1. The molecule has 20 heavy (non-hydrogen) atoms. The lowest BCUT2D eigenvalue weighted by Crippen LogP contribution is -2.20. The first-order valence-electron chi connectivity index (χ1n) is 7.39. The molecule has 1 aromatic rings. The zero-order valence-corrected chi connectivity index (χ0v) is 11.7. The van der Waals surface area contributed by atoms with E-state index < -0.39 is 11.7 Å². The molecule has 0 aromatic heterocycles. The lowest BCUT2D eigenvalue weighted by Gasteiger charge is -2.20. The van der Waals surface area contributed by atoms with Gasteiger partial charge >= 0.3 is 6.18 Å². The van der Waals surface area contributed by atoms with Gasteiger partial charge in [-0.05, 0) is 60.8 Å². The zero-order chi connectivity index (χ0) is 14.4. The van der Waals surface area contributed by atoms with Gasteiger partial charge in [-0.2, -0.15) is 13.2 Å². The van der Waals surface area contributed by atoms with Crippen molar-refractivity contribution in [1.29, 1.82) is 0 Å². The van der Waals surface area contributed by atoms with Crippen LogP contribution in [0.15, 0.2) is 18.2 Å². The summed E-state index contributed by atoms with van der Waals surface area (Å²) in [5.74, 6) is 0. The van der Waals surface area contributed by atoms with E-state index in [2.05, 4.69) is 12.2 Å². The second kappa shape index (κ2) is 4.76. The first kappa shape index (κ1) is 13.9. The van der Waals surface area contributed by atoms with Gasteiger partial charge in [0.25, 0.3) is 0 Å². The summed E-state index contributed by atoms with van der Waals surface area (Å²) in [6.07, 6.45) is 1.25. The van der Waals surface area contributed by atoms with Crippen molar-refractivity contribution >= 4 is 0 Å². The Morgan fingerprint density at radius 2 is 1.95 bits per heavy atom. The molecule has 1 N–H and O–H groups in total. The lowest BCUT2D eigenvalue weighted by molar-refractivity contribution is -0.137. The fourth-order valence-corrected chi connectivity index (χ4v) is 2.94. The van der Waals surface area contributed by atoms with E-state index in [-0.39, 0.29) is 5.41 Å². The predicted molar refractivity (Wildman–Crippen MR) is 72.5 cm³/mol. The SMILES string of the molecule is CCC1(c2ccc(C(F)(F)F)cc2CNC2CC2)CC1. The van der Waals surface area contributed by atoms with Crippen molar-refractivity contribution < 1.29 is 13.2 Å². The molecular formula is C16H20F3N. The molecule has 0 unspecified atom stereocenters. The molecule has 1 aromatic carbocycles. The first-order chi connectivity index (χ1) is 9.44. The molecule has 2 aliphatic rings. The minimum absolute atomic E-state index is 0.144. The maximum absolute atomic E-state index is 12.9. The van der Waals surface area contributed by atoms with Crippen LogP contribution in [0.1, 0.15) is 55.7 Å². The highest BCUT2D eigenvalue weighted by Gasteiger charge is 2.44. The van der Waals surface area contributed by atoms with Crippen molar-refractivity contribution in [2.75, 3.05) is 0 Å². The summed E-state index contributed by atoms with van der Waals surface area (Å²) >= 11 is 0. The molecule has 1 nitrogen and oxygen atoms in total. The van der Waals surface area contributed by atoms with E-state index in [4.69, 9.17) is 0 Å². The summed E-state index contributed by atoms with van der Waals surface area (Å²) in [7, 11) is 0. The van der Waals surface area contributed by atoms with Gasteiger partial charge in [0.2, 0.25) is 0 Å². The monoisotopic (exact) mass is 283 g/mol. The molecule has 0 radical (unpaired) electrons. The van der Waals surface area contributed by atoms with Gasteiger partial charge in [0.1, 0.15) is 0 Å². The van der Waals surface area contributed by atoms with Gasteiger partial charge in [-0.25, -0.2) is 0 Å². The van der Waals surface area contributed by atoms with Crippen LogP contribution in [0.5, 0.6) is 0 Å². The normalized spacial score (nSPS) is 21.0. The minimum Gasteiger partial charge on any atom is -0.310 e. The summed E-state index contributed by atoms with van der Waals surface area (Å²) in [6, 6.07) is 4.81. The van der Waals surface area contributed by atoms with Crippen LogP contribution in [-0.4, -0.2) is 6.04 Å². The average molecular weight is 283 g/mol. The van der Waals surface area contributed by atoms with Crippen LogP contribution >= 0.6 is 0 Å². The van der Waals surface area contributed by atoms with E-state index in [9.17, 15) is 13.2 Å². The molecule has 0 heterocycles. The highest BCUT2D eigenvalue weighted by molar-refractivity contribution is 5.41. The fraction of sp³-hybridized carbons (Fsp3) is 0.625. The van der Waals surface area contributed by atoms with E-state index in [1.807, 2.05) is 0 Å². The van der Waals surface area contributed by atoms with Crippen molar-refractivity contribution in [3.05, 3.63) is 34.9 Å². The summed E-state index contributed by atoms with van der Waals surface area (Å²) in [4.78, 5) is 0. The van der Waals surface area contributed by atoms with E-state index in [1.54, 1.807) is 6.07 Å². The molecule has 0 spiro atoms. The molecule has 2 fully saturated rings. The van der Waals surface area contributed by atoms with Crippen LogP contribution in [0.25, 0.3) is 0 Å². The maximum Gasteiger partial charge on any atom is 0.416 e. The predicted octanol–water partition coefficient (Wildman–Crippen LogP) is 4.40. The summed E-state index contributed by atoms with van der Waals surface area (Å²) in [5, 5.41) is 3.35. The molecular weight excluding hydrogens is 263 g/mol. The molecule has 0 bridgehead atoms. The molecule has 3 rings (SSSR count). The third-order valence-electron chi connectivity index (χ3n) is 4.69. The third kappa shape index (κ3) is 2.71. The Kier molecular flexibility index (Phi) is 3.32. The summed E-state index contributed by atoms with van der Waals surface area (Å²) in [5.41, 5.74) is 1.58. The van der Waals surface area contributed by atoms with Gasteiger partial charge in [0.15, 0.2) is 0 Å². The topological polar surface area (TPSA) is 12.0 Å². The quantitative estimate of drug-likeness (QED) is 0.844. The highest BCUT2D eigenvalue weighted by Crippen LogP contribution is 2.52. The maximum atomic E-state index is 12.9. The van der Waals surface area contributed by atoms with Crippen molar-refractivity contribution in [3.8, 4) is 0 Å². The van der Waals surface area contributed by atoms with Gasteiger partial charge in [-0.15, -0.1) is 0 Å². The molecule has 4 heteroatoms. The van der Waals surface area contributed by atoms with Gasteiger partial charge < -0.3 is 5.32 Å². The Morgan fingerprint density at radius 1 is 1.25 bits per heavy atom. The Morgan fingerprint density at radius 3 is 2.45 bits per heavy atom. The van der Waals surface area contributed by atoms with Gasteiger partial charge in [-0.1, -0.05) is 13.0 Å². The molecule has 2 aliphatic carbocycles. The van der Waals surface area contributed by atoms with Crippen molar-refractivity contribution in [3.63, 3.8) is 0 Å². The lowest BCUT2D eigenvalue weighted by atomic mass is 9.88. The van der Waals surface area contributed by atoms with Crippen molar-refractivity contribution in [2.24, 2.45) is 0 Å². The number of benzene rings is 1. The molecule has 110 valence electrons. The zero-order valence-electron chi connectivity index (χ0n) is 11.7. The summed E-state index contributed by atoms with van der Waals surface area (Å²) in [6.45, 7) is 2.69. The van der Waals surface area contributed by atoms with Crippen LogP contribution in [0.4, 0.5) is 13.2 Å². The van der Waals surface area contributed by atoms with Gasteiger partial charge in [-0.3, -0.25) is 0 Å². The number of rotatable bonds is 5. The Hall–Kier alpha value is -1.03. The van der Waals surface area contributed by atoms with Gasteiger partial charge in [0, 0.05) is 12.6 Å². The number of nitrogens with one attached hydrogen (secondary N) is 1. The van der Waals surface area contributed by atoms with Crippen LogP contribution in [0.2, 0.25) is 0 Å².